The zero-order valence-electron chi connectivity index (χ0n) is 13.8. The first-order valence-corrected chi connectivity index (χ1v) is 10.3. The summed E-state index contributed by atoms with van der Waals surface area (Å²) < 4.78 is 38.5. The normalized spacial score (nSPS) is 11.6. The zero-order chi connectivity index (χ0) is 20.2. The predicted molar refractivity (Wildman–Crippen MR) is 106 cm³/mol. The predicted octanol–water partition coefficient (Wildman–Crippen LogP) is 3.70. The lowest BCUT2D eigenvalue weighted by Crippen LogP contribution is -2.39. The van der Waals surface area contributed by atoms with Gasteiger partial charge in [-0.1, -0.05) is 40.9 Å². The van der Waals surface area contributed by atoms with Crippen LogP contribution in [0.1, 0.15) is 5.56 Å². The van der Waals surface area contributed by atoms with Crippen molar-refractivity contribution < 1.29 is 17.6 Å². The second-order valence-electron chi connectivity index (χ2n) is 5.33. The van der Waals surface area contributed by atoms with E-state index in [9.17, 15) is 17.6 Å². The van der Waals surface area contributed by atoms with E-state index in [0.717, 1.165) is 16.8 Å². The van der Waals surface area contributed by atoms with Gasteiger partial charge in [-0.3, -0.25) is 9.10 Å². The summed E-state index contributed by atoms with van der Waals surface area (Å²) in [5.74, 6) is -1.38. The van der Waals surface area contributed by atoms with Crippen molar-refractivity contribution in [2.24, 2.45) is 5.10 Å². The first-order valence-electron chi connectivity index (χ1n) is 7.27. The Kier molecular flexibility index (Phi) is 7.05. The van der Waals surface area contributed by atoms with Gasteiger partial charge >= 0.3 is 0 Å². The van der Waals surface area contributed by atoms with Crippen LogP contribution in [-0.4, -0.2) is 33.3 Å². The zero-order valence-corrected chi connectivity index (χ0v) is 16.9. The van der Waals surface area contributed by atoms with Crippen molar-refractivity contribution in [3.05, 3.63) is 62.8 Å². The van der Waals surface area contributed by atoms with Crippen LogP contribution in [0, 0.1) is 5.82 Å². The topological polar surface area (TPSA) is 78.8 Å². The molecule has 6 nitrogen and oxygen atoms in total. The van der Waals surface area contributed by atoms with Gasteiger partial charge in [0, 0.05) is 15.6 Å². The summed E-state index contributed by atoms with van der Waals surface area (Å²) in [4.78, 5) is 12.1. The van der Waals surface area contributed by atoms with Gasteiger partial charge in [0.2, 0.25) is 10.0 Å². The Hall–Kier alpha value is -1.87. The van der Waals surface area contributed by atoms with Crippen LogP contribution in [0.3, 0.4) is 0 Å². The molecular weight excluding hydrogens is 440 g/mol. The number of hydrogen-bond donors (Lipinski definition) is 1. The van der Waals surface area contributed by atoms with Gasteiger partial charge in [-0.15, -0.1) is 0 Å². The molecule has 0 spiro atoms. The van der Waals surface area contributed by atoms with Gasteiger partial charge in [0.05, 0.1) is 23.2 Å². The molecule has 0 saturated heterocycles. The third kappa shape index (κ3) is 6.07. The Labute approximate surface area is 170 Å². The molecular formula is C16H13Cl3FN3O3S. The van der Waals surface area contributed by atoms with Crippen LogP contribution in [0.5, 0.6) is 0 Å². The first kappa shape index (κ1) is 21.4. The molecule has 0 aliphatic carbocycles. The van der Waals surface area contributed by atoms with Gasteiger partial charge in [0.1, 0.15) is 12.4 Å². The van der Waals surface area contributed by atoms with E-state index < -0.39 is 28.3 Å². The lowest BCUT2D eigenvalue weighted by atomic mass is 10.2. The largest absolute Gasteiger partial charge is 0.271 e. The number of sulfonamides is 1. The van der Waals surface area contributed by atoms with Crippen molar-refractivity contribution in [2.75, 3.05) is 17.1 Å². The quantitative estimate of drug-likeness (QED) is 0.536. The molecule has 11 heteroatoms. The Morgan fingerprint density at radius 1 is 1.22 bits per heavy atom. The molecule has 0 radical (unpaired) electrons. The second-order valence-corrected chi connectivity index (χ2v) is 8.51. The molecule has 0 atom stereocenters. The summed E-state index contributed by atoms with van der Waals surface area (Å²) in [5.41, 5.74) is 2.22. The highest BCUT2D eigenvalue weighted by atomic mass is 35.5. The highest BCUT2D eigenvalue weighted by molar-refractivity contribution is 7.92. The highest BCUT2D eigenvalue weighted by Gasteiger charge is 2.21. The van der Waals surface area contributed by atoms with Crippen molar-refractivity contribution in [1.29, 1.82) is 0 Å². The van der Waals surface area contributed by atoms with Crippen LogP contribution >= 0.6 is 34.8 Å². The molecule has 2 aromatic carbocycles. The summed E-state index contributed by atoms with van der Waals surface area (Å²) in [5, 5.41) is 4.13. The molecule has 2 aromatic rings. The Morgan fingerprint density at radius 2 is 1.85 bits per heavy atom. The summed E-state index contributed by atoms with van der Waals surface area (Å²) in [7, 11) is -3.81. The number of hydrogen-bond acceptors (Lipinski definition) is 4. The third-order valence-corrected chi connectivity index (χ3v) is 5.11. The Morgan fingerprint density at radius 3 is 2.41 bits per heavy atom. The molecule has 27 heavy (non-hydrogen) atoms. The van der Waals surface area contributed by atoms with Crippen LogP contribution in [0.15, 0.2) is 41.5 Å². The minimum absolute atomic E-state index is 0.0129. The molecule has 0 aromatic heterocycles. The molecule has 0 fully saturated rings. The van der Waals surface area contributed by atoms with Crippen molar-refractivity contribution in [1.82, 2.24) is 5.43 Å². The minimum atomic E-state index is -3.81. The van der Waals surface area contributed by atoms with Gasteiger partial charge < -0.3 is 0 Å². The minimum Gasteiger partial charge on any atom is -0.271 e. The highest BCUT2D eigenvalue weighted by Crippen LogP contribution is 2.26. The third-order valence-electron chi connectivity index (χ3n) is 3.21. The van der Waals surface area contributed by atoms with E-state index in [0.29, 0.717) is 0 Å². The molecule has 0 unspecified atom stereocenters. The summed E-state index contributed by atoms with van der Waals surface area (Å²) in [6.07, 6.45) is 1.95. The number of anilines is 1. The number of carbonyl (C=O) groups is 1. The monoisotopic (exact) mass is 451 g/mol. The average molecular weight is 453 g/mol. The van der Waals surface area contributed by atoms with Gasteiger partial charge in [-0.2, -0.15) is 5.10 Å². The summed E-state index contributed by atoms with van der Waals surface area (Å²) >= 11 is 17.6. The second kappa shape index (κ2) is 8.88. The number of hydrazone groups is 1. The van der Waals surface area contributed by atoms with E-state index in [1.807, 2.05) is 0 Å². The summed E-state index contributed by atoms with van der Waals surface area (Å²) in [6, 6.07) is 8.20. The van der Waals surface area contributed by atoms with E-state index in [-0.39, 0.29) is 26.3 Å². The maximum atomic E-state index is 13.6. The molecule has 0 saturated carbocycles. The number of amides is 1. The fourth-order valence-corrected chi connectivity index (χ4v) is 3.62. The van der Waals surface area contributed by atoms with Crippen LogP contribution in [0.25, 0.3) is 0 Å². The standard InChI is InChI=1S/C16H13Cl3FN3O3S/c1-27(25,26)23(12-6-10(17)5-11(18)7-12)9-16(24)22-21-8-13-14(19)3-2-4-15(13)20/h2-8H,9H2,1H3,(H,22,24)/b21-8-. The molecule has 144 valence electrons. The van der Waals surface area contributed by atoms with Crippen LogP contribution in [0.4, 0.5) is 10.1 Å². The molecule has 2 rings (SSSR count). The van der Waals surface area contributed by atoms with Crippen molar-refractivity contribution in [3.8, 4) is 0 Å². The van der Waals surface area contributed by atoms with Crippen molar-refractivity contribution in [2.45, 2.75) is 0 Å². The van der Waals surface area contributed by atoms with E-state index in [4.69, 9.17) is 34.8 Å². The van der Waals surface area contributed by atoms with Gasteiger partial charge in [0.25, 0.3) is 5.91 Å². The number of halogens is 4. The Balaban J connectivity index is 2.16. The van der Waals surface area contributed by atoms with E-state index in [1.165, 1.54) is 36.4 Å². The van der Waals surface area contributed by atoms with E-state index in [2.05, 4.69) is 10.5 Å². The van der Waals surface area contributed by atoms with Crippen LogP contribution < -0.4 is 9.73 Å². The first-order chi connectivity index (χ1) is 12.6. The van der Waals surface area contributed by atoms with Crippen LogP contribution in [-0.2, 0) is 14.8 Å². The van der Waals surface area contributed by atoms with Gasteiger partial charge in [0.15, 0.2) is 0 Å². The molecule has 1 N–H and O–H groups in total. The number of nitrogens with one attached hydrogen (secondary N) is 1. The van der Waals surface area contributed by atoms with Crippen molar-refractivity contribution in [3.63, 3.8) is 0 Å². The maximum absolute atomic E-state index is 13.6. The Bertz CT molecular complexity index is 959. The molecule has 0 bridgehead atoms. The van der Waals surface area contributed by atoms with Gasteiger partial charge in [-0.25, -0.2) is 18.2 Å². The molecule has 0 heterocycles. The van der Waals surface area contributed by atoms with E-state index in [1.54, 1.807) is 0 Å². The number of nitrogens with zero attached hydrogens (tertiary/aromatic N) is 2. The number of rotatable bonds is 6. The lowest BCUT2D eigenvalue weighted by Gasteiger charge is -2.21. The average Bonchev–Trinajstić information content (AvgIpc) is 2.53. The maximum Gasteiger partial charge on any atom is 0.260 e. The lowest BCUT2D eigenvalue weighted by molar-refractivity contribution is -0.119. The number of benzene rings is 2. The van der Waals surface area contributed by atoms with Gasteiger partial charge in [-0.05, 0) is 30.3 Å². The fraction of sp³-hybridized carbons (Fsp3) is 0.125. The summed E-state index contributed by atoms with van der Waals surface area (Å²) in [6.45, 7) is -0.585. The van der Waals surface area contributed by atoms with Crippen LogP contribution in [0.2, 0.25) is 15.1 Å². The number of carbonyl (C=O) groups excluding carboxylic acids is 1. The SMILES string of the molecule is CS(=O)(=O)N(CC(=O)N/N=C\c1c(F)cccc1Cl)c1cc(Cl)cc(Cl)c1. The fourth-order valence-electron chi connectivity index (χ4n) is 2.05. The van der Waals surface area contributed by atoms with Crippen molar-refractivity contribution >= 4 is 62.6 Å². The molecule has 0 aliphatic heterocycles. The molecule has 1 amide bonds. The molecule has 0 aliphatic rings. The smallest absolute Gasteiger partial charge is 0.260 e. The van der Waals surface area contributed by atoms with E-state index >= 15 is 0 Å².